The Morgan fingerprint density at radius 2 is 0.783 bits per heavy atom. The zero-order valence-electron chi connectivity index (χ0n) is 39.5. The van der Waals surface area contributed by atoms with Gasteiger partial charge in [0.15, 0.2) is 6.10 Å². The Morgan fingerprint density at radius 3 is 1.28 bits per heavy atom. The molecule has 0 aliphatic carbocycles. The molecule has 0 rings (SSSR count). The van der Waals surface area contributed by atoms with E-state index in [4.69, 9.17) is 14.2 Å². The molecular formula is C55H94O5. The molecule has 0 aliphatic rings. The second-order valence-electron chi connectivity index (χ2n) is 16.3. The first-order valence-corrected chi connectivity index (χ1v) is 25.1. The van der Waals surface area contributed by atoms with Gasteiger partial charge >= 0.3 is 11.9 Å². The molecule has 0 amide bonds. The minimum Gasteiger partial charge on any atom is -0.462 e. The van der Waals surface area contributed by atoms with E-state index in [-0.39, 0.29) is 25.2 Å². The monoisotopic (exact) mass is 835 g/mol. The Morgan fingerprint density at radius 1 is 0.383 bits per heavy atom. The van der Waals surface area contributed by atoms with Gasteiger partial charge in [0.1, 0.15) is 6.61 Å². The van der Waals surface area contributed by atoms with E-state index < -0.39 is 6.10 Å². The van der Waals surface area contributed by atoms with Crippen LogP contribution in [0.25, 0.3) is 0 Å². The fourth-order valence-electron chi connectivity index (χ4n) is 6.65. The molecule has 0 N–H and O–H groups in total. The lowest BCUT2D eigenvalue weighted by molar-refractivity contribution is -0.163. The molecule has 5 heteroatoms. The van der Waals surface area contributed by atoms with Crippen molar-refractivity contribution in [2.45, 2.75) is 232 Å². The van der Waals surface area contributed by atoms with E-state index in [0.29, 0.717) is 19.4 Å². The van der Waals surface area contributed by atoms with Gasteiger partial charge in [0.2, 0.25) is 0 Å². The van der Waals surface area contributed by atoms with Crippen LogP contribution in [0.15, 0.2) is 85.1 Å². The van der Waals surface area contributed by atoms with Crippen molar-refractivity contribution >= 4 is 11.9 Å². The molecule has 1 unspecified atom stereocenters. The van der Waals surface area contributed by atoms with Crippen LogP contribution in [0, 0.1) is 0 Å². The van der Waals surface area contributed by atoms with Crippen LogP contribution in [-0.2, 0) is 23.8 Å². The molecule has 0 aromatic rings. The SMILES string of the molecule is CC/C=C\C/C=C\C/C=C\C/C=C\CCCCCOCC(COC(=O)CCCCCCC/C=C\CCCCCCCC)OC(=O)CCCCCCC/C=C\C/C=C\CCC. The van der Waals surface area contributed by atoms with E-state index in [1.165, 1.54) is 77.0 Å². The number of carbonyl (C=O) groups excluding carboxylic acids is 2. The fourth-order valence-corrected chi connectivity index (χ4v) is 6.65. The third kappa shape index (κ3) is 47.8. The van der Waals surface area contributed by atoms with Crippen LogP contribution in [0.5, 0.6) is 0 Å². The number of rotatable bonds is 45. The third-order valence-electron chi connectivity index (χ3n) is 10.4. The fraction of sp³-hybridized carbons (Fsp3) is 0.709. The molecule has 5 nitrogen and oxygen atoms in total. The average molecular weight is 835 g/mol. The van der Waals surface area contributed by atoms with E-state index in [9.17, 15) is 9.59 Å². The molecule has 60 heavy (non-hydrogen) atoms. The number of carbonyl (C=O) groups is 2. The topological polar surface area (TPSA) is 61.8 Å². The van der Waals surface area contributed by atoms with Crippen LogP contribution in [0.1, 0.15) is 226 Å². The summed E-state index contributed by atoms with van der Waals surface area (Å²) < 4.78 is 17.3. The summed E-state index contributed by atoms with van der Waals surface area (Å²) in [5, 5.41) is 0. The van der Waals surface area contributed by atoms with Crippen LogP contribution < -0.4 is 0 Å². The molecule has 0 aliphatic heterocycles. The summed E-state index contributed by atoms with van der Waals surface area (Å²) in [7, 11) is 0. The van der Waals surface area contributed by atoms with Gasteiger partial charge in [-0.3, -0.25) is 9.59 Å². The maximum Gasteiger partial charge on any atom is 0.306 e. The van der Waals surface area contributed by atoms with Gasteiger partial charge in [-0.25, -0.2) is 0 Å². The van der Waals surface area contributed by atoms with E-state index in [1.54, 1.807) is 0 Å². The zero-order valence-corrected chi connectivity index (χ0v) is 39.5. The smallest absolute Gasteiger partial charge is 0.306 e. The van der Waals surface area contributed by atoms with Gasteiger partial charge in [0, 0.05) is 19.4 Å². The summed E-state index contributed by atoms with van der Waals surface area (Å²) >= 11 is 0. The molecule has 344 valence electrons. The van der Waals surface area contributed by atoms with Gasteiger partial charge in [0.25, 0.3) is 0 Å². The number of esters is 2. The molecule has 0 saturated carbocycles. The van der Waals surface area contributed by atoms with Crippen molar-refractivity contribution in [2.24, 2.45) is 0 Å². The summed E-state index contributed by atoms with van der Waals surface area (Å²) in [5.74, 6) is -0.443. The highest BCUT2D eigenvalue weighted by molar-refractivity contribution is 5.70. The van der Waals surface area contributed by atoms with Crippen molar-refractivity contribution in [2.75, 3.05) is 19.8 Å². The molecule has 0 aromatic heterocycles. The largest absolute Gasteiger partial charge is 0.462 e. The first-order chi connectivity index (χ1) is 29.6. The number of ether oxygens (including phenoxy) is 3. The maximum absolute atomic E-state index is 12.8. The summed E-state index contributed by atoms with van der Waals surface area (Å²) in [4.78, 5) is 25.4. The molecule has 0 bridgehead atoms. The lowest BCUT2D eigenvalue weighted by atomic mass is 10.1. The summed E-state index contributed by atoms with van der Waals surface area (Å²) in [6.45, 7) is 7.55. The van der Waals surface area contributed by atoms with Crippen LogP contribution in [-0.4, -0.2) is 37.9 Å². The number of allylic oxidation sites excluding steroid dienone is 14. The van der Waals surface area contributed by atoms with Gasteiger partial charge < -0.3 is 14.2 Å². The molecule has 0 saturated heterocycles. The molecular weight excluding hydrogens is 741 g/mol. The van der Waals surface area contributed by atoms with Gasteiger partial charge in [0.05, 0.1) is 6.61 Å². The number of hydrogen-bond donors (Lipinski definition) is 0. The Bertz CT molecular complexity index is 1130. The second-order valence-corrected chi connectivity index (χ2v) is 16.3. The highest BCUT2D eigenvalue weighted by Gasteiger charge is 2.17. The second kappa shape index (κ2) is 50.4. The Kier molecular flexibility index (Phi) is 48.0. The molecule has 0 spiro atoms. The first kappa shape index (κ1) is 57.1. The van der Waals surface area contributed by atoms with Crippen molar-refractivity contribution in [3.63, 3.8) is 0 Å². The van der Waals surface area contributed by atoms with Crippen molar-refractivity contribution in [3.8, 4) is 0 Å². The predicted octanol–water partition coefficient (Wildman–Crippen LogP) is 16.9. The van der Waals surface area contributed by atoms with Crippen molar-refractivity contribution in [1.29, 1.82) is 0 Å². The van der Waals surface area contributed by atoms with Gasteiger partial charge in [-0.15, -0.1) is 0 Å². The minimum atomic E-state index is -0.566. The first-order valence-electron chi connectivity index (χ1n) is 25.1. The molecule has 0 radical (unpaired) electrons. The summed E-state index contributed by atoms with van der Waals surface area (Å²) in [6.07, 6.45) is 65.9. The zero-order chi connectivity index (χ0) is 43.5. The Labute approximate surface area is 371 Å². The maximum atomic E-state index is 12.8. The summed E-state index contributed by atoms with van der Waals surface area (Å²) in [5.41, 5.74) is 0. The Hall–Kier alpha value is -2.92. The van der Waals surface area contributed by atoms with Crippen molar-refractivity contribution in [3.05, 3.63) is 85.1 Å². The standard InChI is InChI=1S/C55H94O5/c1-4-7-10-13-16-19-22-25-27-29-32-35-38-41-44-47-50-58-51-53(60-55(57)49-46-43-40-37-34-30-24-21-18-15-12-9-6-3)52-59-54(56)48-45-42-39-36-33-31-28-26-23-20-17-14-11-8-5-2/h7,10,12,15-16,19,21,24-28,32,35,53H,4-6,8-9,11,13-14,17-18,20,22-23,29-31,33-34,36-52H2,1-3H3/b10-7-,15-12-,19-16-,24-21-,27-25-,28-26-,35-32-. The normalized spacial score (nSPS) is 12.9. The highest BCUT2D eigenvalue weighted by Crippen LogP contribution is 2.13. The lowest BCUT2D eigenvalue weighted by Gasteiger charge is -2.18. The lowest BCUT2D eigenvalue weighted by Crippen LogP contribution is -2.30. The van der Waals surface area contributed by atoms with Crippen molar-refractivity contribution < 1.29 is 23.8 Å². The van der Waals surface area contributed by atoms with E-state index in [2.05, 4.69) is 106 Å². The molecule has 1 atom stereocenters. The highest BCUT2D eigenvalue weighted by atomic mass is 16.6. The third-order valence-corrected chi connectivity index (χ3v) is 10.4. The molecule has 0 heterocycles. The average Bonchev–Trinajstić information content (AvgIpc) is 3.25. The number of unbranched alkanes of at least 4 members (excludes halogenated alkanes) is 20. The minimum absolute atomic E-state index is 0.0589. The quantitative estimate of drug-likeness (QED) is 0.0347. The van der Waals surface area contributed by atoms with Crippen LogP contribution in [0.2, 0.25) is 0 Å². The van der Waals surface area contributed by atoms with Crippen LogP contribution in [0.3, 0.4) is 0 Å². The van der Waals surface area contributed by atoms with Crippen molar-refractivity contribution in [1.82, 2.24) is 0 Å². The molecule has 0 fully saturated rings. The number of hydrogen-bond acceptors (Lipinski definition) is 5. The van der Waals surface area contributed by atoms with Gasteiger partial charge in [-0.2, -0.15) is 0 Å². The van der Waals surface area contributed by atoms with Crippen LogP contribution in [0.4, 0.5) is 0 Å². The predicted molar refractivity (Wildman–Crippen MR) is 260 cm³/mol. The van der Waals surface area contributed by atoms with Crippen LogP contribution >= 0.6 is 0 Å². The van der Waals surface area contributed by atoms with E-state index in [1.807, 2.05) is 0 Å². The van der Waals surface area contributed by atoms with E-state index in [0.717, 1.165) is 116 Å². The van der Waals surface area contributed by atoms with Gasteiger partial charge in [-0.05, 0) is 109 Å². The molecule has 0 aromatic carbocycles. The van der Waals surface area contributed by atoms with E-state index >= 15 is 0 Å². The Balaban J connectivity index is 4.36. The van der Waals surface area contributed by atoms with Gasteiger partial charge in [-0.1, -0.05) is 189 Å². The summed E-state index contributed by atoms with van der Waals surface area (Å²) in [6, 6.07) is 0.